The Morgan fingerprint density at radius 2 is 2.24 bits per heavy atom. The molecule has 0 spiro atoms. The van der Waals surface area contributed by atoms with Crippen molar-refractivity contribution in [2.45, 2.75) is 38.1 Å². The molecule has 0 aliphatic heterocycles. The highest BCUT2D eigenvalue weighted by Gasteiger charge is 2.36. The zero-order chi connectivity index (χ0) is 12.5. The van der Waals surface area contributed by atoms with E-state index in [9.17, 15) is 10.1 Å². The smallest absolute Gasteiger partial charge is 0.288 e. The molecule has 1 aromatic heterocycles. The van der Waals surface area contributed by atoms with E-state index in [2.05, 4.69) is 27.3 Å². The molecule has 5 heteroatoms. The largest absolute Gasteiger partial charge is 0.444 e. The van der Waals surface area contributed by atoms with Crippen molar-refractivity contribution in [2.75, 3.05) is 0 Å². The molecule has 17 heavy (non-hydrogen) atoms. The fraction of sp³-hybridized carbons (Fsp3) is 0.500. The number of amides is 1. The fourth-order valence-electron chi connectivity index (χ4n) is 2.19. The van der Waals surface area contributed by atoms with Crippen LogP contribution in [-0.4, -0.2) is 11.4 Å². The van der Waals surface area contributed by atoms with Gasteiger partial charge in [0.1, 0.15) is 5.54 Å². The summed E-state index contributed by atoms with van der Waals surface area (Å²) in [5, 5.41) is 12.0. The lowest BCUT2D eigenvalue weighted by Crippen LogP contribution is -2.45. The van der Waals surface area contributed by atoms with Gasteiger partial charge in [-0.1, -0.05) is 0 Å². The standard InChI is InChI=1S/C12H13BrN2O2/c1-8-6-9(13)17-10(8)11(16)15-12(7-14)4-2-3-5-12/h6H,2-5H2,1H3,(H,15,16). The molecule has 4 nitrogen and oxygen atoms in total. The molecule has 0 radical (unpaired) electrons. The van der Waals surface area contributed by atoms with E-state index in [4.69, 9.17) is 4.42 Å². The van der Waals surface area contributed by atoms with Gasteiger partial charge in [0.25, 0.3) is 5.91 Å². The van der Waals surface area contributed by atoms with E-state index in [1.54, 1.807) is 13.0 Å². The number of hydrogen-bond donors (Lipinski definition) is 1. The van der Waals surface area contributed by atoms with E-state index in [-0.39, 0.29) is 11.7 Å². The van der Waals surface area contributed by atoms with Gasteiger partial charge in [0.15, 0.2) is 10.4 Å². The van der Waals surface area contributed by atoms with Crippen LogP contribution in [0.3, 0.4) is 0 Å². The summed E-state index contributed by atoms with van der Waals surface area (Å²) in [7, 11) is 0. The Hall–Kier alpha value is -1.28. The van der Waals surface area contributed by atoms with Gasteiger partial charge in [-0.2, -0.15) is 5.26 Å². The van der Waals surface area contributed by atoms with E-state index >= 15 is 0 Å². The first-order chi connectivity index (χ1) is 8.06. The summed E-state index contributed by atoms with van der Waals surface area (Å²) in [5.74, 6) is -0.0324. The number of carbonyl (C=O) groups is 1. The van der Waals surface area contributed by atoms with E-state index in [1.807, 2.05) is 0 Å². The summed E-state index contributed by atoms with van der Waals surface area (Å²) in [6.07, 6.45) is 3.40. The first-order valence-electron chi connectivity index (χ1n) is 5.56. The molecule has 1 amide bonds. The number of hydrogen-bond acceptors (Lipinski definition) is 3. The summed E-state index contributed by atoms with van der Waals surface area (Å²) in [6, 6.07) is 3.96. The maximum Gasteiger partial charge on any atom is 0.288 e. The minimum atomic E-state index is -0.706. The average molecular weight is 297 g/mol. The molecule has 1 aromatic rings. The second-order valence-electron chi connectivity index (χ2n) is 4.42. The number of furan rings is 1. The van der Waals surface area contributed by atoms with Gasteiger partial charge in [-0.25, -0.2) is 0 Å². The fourth-order valence-corrected chi connectivity index (χ4v) is 2.69. The predicted octanol–water partition coefficient (Wildman–Crippen LogP) is 2.92. The van der Waals surface area contributed by atoms with Crippen LogP contribution in [-0.2, 0) is 0 Å². The minimum Gasteiger partial charge on any atom is -0.444 e. The maximum absolute atomic E-state index is 12.0. The van der Waals surface area contributed by atoms with Gasteiger partial charge in [0.2, 0.25) is 0 Å². The number of rotatable bonds is 2. The number of nitriles is 1. The molecule has 0 aromatic carbocycles. The molecule has 0 atom stereocenters. The highest BCUT2D eigenvalue weighted by atomic mass is 79.9. The minimum absolute atomic E-state index is 0.276. The Bertz CT molecular complexity index is 481. The Morgan fingerprint density at radius 3 is 2.71 bits per heavy atom. The Morgan fingerprint density at radius 1 is 1.59 bits per heavy atom. The summed E-state index contributed by atoms with van der Waals surface area (Å²) >= 11 is 3.18. The number of nitrogens with zero attached hydrogens (tertiary/aromatic N) is 1. The van der Waals surface area contributed by atoms with E-state index in [0.717, 1.165) is 31.2 Å². The monoisotopic (exact) mass is 296 g/mol. The molecule has 0 bridgehead atoms. The van der Waals surface area contributed by atoms with E-state index < -0.39 is 5.54 Å². The molecular weight excluding hydrogens is 284 g/mol. The van der Waals surface area contributed by atoms with Gasteiger partial charge in [-0.3, -0.25) is 4.79 Å². The van der Waals surface area contributed by atoms with Crippen LogP contribution in [0, 0.1) is 18.3 Å². The number of aryl methyl sites for hydroxylation is 1. The van der Waals surface area contributed by atoms with Crippen LogP contribution in [0.15, 0.2) is 15.2 Å². The van der Waals surface area contributed by atoms with Crippen LogP contribution in [0.4, 0.5) is 0 Å². The molecule has 1 aliphatic carbocycles. The summed E-state index contributed by atoms with van der Waals surface area (Å²) in [6.45, 7) is 1.80. The predicted molar refractivity (Wildman–Crippen MR) is 65.4 cm³/mol. The van der Waals surface area contributed by atoms with Gasteiger partial charge in [-0.05, 0) is 54.6 Å². The topological polar surface area (TPSA) is 66.0 Å². The van der Waals surface area contributed by atoms with Crippen molar-refractivity contribution in [3.8, 4) is 6.07 Å². The first kappa shape index (κ1) is 12.2. The van der Waals surface area contributed by atoms with Gasteiger partial charge in [0.05, 0.1) is 6.07 Å². The van der Waals surface area contributed by atoms with Gasteiger partial charge in [-0.15, -0.1) is 0 Å². The quantitative estimate of drug-likeness (QED) is 0.912. The van der Waals surface area contributed by atoms with Crippen molar-refractivity contribution in [1.82, 2.24) is 5.32 Å². The molecule has 1 aliphatic rings. The lowest BCUT2D eigenvalue weighted by molar-refractivity contribution is 0.0890. The van der Waals surface area contributed by atoms with Gasteiger partial charge in [0, 0.05) is 5.56 Å². The van der Waals surface area contributed by atoms with Crippen LogP contribution < -0.4 is 5.32 Å². The van der Waals surface area contributed by atoms with Crippen molar-refractivity contribution in [1.29, 1.82) is 5.26 Å². The average Bonchev–Trinajstić information content (AvgIpc) is 2.86. The van der Waals surface area contributed by atoms with Crippen molar-refractivity contribution in [2.24, 2.45) is 0 Å². The first-order valence-corrected chi connectivity index (χ1v) is 6.35. The van der Waals surface area contributed by atoms with Gasteiger partial charge < -0.3 is 9.73 Å². The summed E-state index contributed by atoms with van der Waals surface area (Å²) < 4.78 is 5.80. The maximum atomic E-state index is 12.0. The SMILES string of the molecule is Cc1cc(Br)oc1C(=O)NC1(C#N)CCCC1. The highest BCUT2D eigenvalue weighted by Crippen LogP contribution is 2.30. The number of carbonyl (C=O) groups excluding carboxylic acids is 1. The second-order valence-corrected chi connectivity index (χ2v) is 5.20. The number of halogens is 1. The normalized spacial score (nSPS) is 17.7. The van der Waals surface area contributed by atoms with Crippen molar-refractivity contribution in [3.05, 3.63) is 22.1 Å². The molecule has 0 unspecified atom stereocenters. The Kier molecular flexibility index (Phi) is 3.25. The molecule has 2 rings (SSSR count). The van der Waals surface area contributed by atoms with Crippen molar-refractivity contribution >= 4 is 21.8 Å². The zero-order valence-corrected chi connectivity index (χ0v) is 11.1. The highest BCUT2D eigenvalue weighted by molar-refractivity contribution is 9.10. The lowest BCUT2D eigenvalue weighted by atomic mass is 9.99. The van der Waals surface area contributed by atoms with E-state index in [0.29, 0.717) is 4.67 Å². The van der Waals surface area contributed by atoms with Crippen LogP contribution in [0.2, 0.25) is 0 Å². The lowest BCUT2D eigenvalue weighted by Gasteiger charge is -2.21. The van der Waals surface area contributed by atoms with E-state index in [1.165, 1.54) is 0 Å². The third-order valence-electron chi connectivity index (χ3n) is 3.12. The second kappa shape index (κ2) is 4.53. The van der Waals surface area contributed by atoms with Gasteiger partial charge >= 0.3 is 0 Å². The molecule has 1 fully saturated rings. The Labute approximate surface area is 108 Å². The van der Waals surface area contributed by atoms with Crippen LogP contribution in [0.25, 0.3) is 0 Å². The zero-order valence-electron chi connectivity index (χ0n) is 9.55. The molecule has 90 valence electrons. The third kappa shape index (κ3) is 2.37. The van der Waals surface area contributed by atoms with Crippen LogP contribution in [0.1, 0.15) is 41.8 Å². The third-order valence-corrected chi connectivity index (χ3v) is 3.51. The van der Waals surface area contributed by atoms with Crippen LogP contribution in [0.5, 0.6) is 0 Å². The Balaban J connectivity index is 2.17. The molecule has 1 heterocycles. The summed E-state index contributed by atoms with van der Waals surface area (Å²) in [4.78, 5) is 12.0. The summed E-state index contributed by atoms with van der Waals surface area (Å²) in [5.41, 5.74) is 0.0588. The molecule has 0 saturated heterocycles. The molecule has 1 saturated carbocycles. The van der Waals surface area contributed by atoms with Crippen molar-refractivity contribution < 1.29 is 9.21 Å². The molecular formula is C12H13BrN2O2. The number of nitrogens with one attached hydrogen (secondary N) is 1. The molecule has 1 N–H and O–H groups in total. The van der Waals surface area contributed by atoms with Crippen LogP contribution >= 0.6 is 15.9 Å². The van der Waals surface area contributed by atoms with Crippen molar-refractivity contribution in [3.63, 3.8) is 0 Å².